The maximum absolute atomic E-state index is 10.4. The molecule has 7 nitrogen and oxygen atoms in total. The highest BCUT2D eigenvalue weighted by Crippen LogP contribution is 1.98. The van der Waals surface area contributed by atoms with Crippen LogP contribution in [0.15, 0.2) is 35.5 Å². The van der Waals surface area contributed by atoms with Gasteiger partial charge >= 0.3 is 0 Å². The number of amidine groups is 1. The van der Waals surface area contributed by atoms with Crippen molar-refractivity contribution in [1.82, 2.24) is 4.90 Å². The molecule has 1 saturated heterocycles. The van der Waals surface area contributed by atoms with Crippen LogP contribution in [-0.4, -0.2) is 54.8 Å². The van der Waals surface area contributed by atoms with E-state index < -0.39 is 0 Å². The van der Waals surface area contributed by atoms with Crippen molar-refractivity contribution in [1.29, 1.82) is 0 Å². The molecule has 1 aromatic carbocycles. The molecule has 0 aromatic heterocycles. The number of nitrogens with zero attached hydrogens (tertiary/aromatic N) is 2. The number of carbonyl (C=O) groups excluding carboxylic acids is 1. The summed E-state index contributed by atoms with van der Waals surface area (Å²) in [4.78, 5) is 17.0. The largest absolute Gasteiger partial charge is 0.378 e. The van der Waals surface area contributed by atoms with Gasteiger partial charge < -0.3 is 25.3 Å². The average molecular weight is 295 g/mol. The first-order valence-electron chi connectivity index (χ1n) is 6.60. The Kier molecular flexibility index (Phi) is 7.85. The maximum atomic E-state index is 10.4. The van der Waals surface area contributed by atoms with E-state index in [1.54, 1.807) is 24.3 Å². The lowest BCUT2D eigenvalue weighted by Crippen LogP contribution is -2.39. The zero-order valence-electron chi connectivity index (χ0n) is 12.1. The van der Waals surface area contributed by atoms with Crippen molar-refractivity contribution in [2.45, 2.75) is 6.92 Å². The lowest BCUT2D eigenvalue weighted by Gasteiger charge is -2.27. The summed E-state index contributed by atoms with van der Waals surface area (Å²) in [6, 6.07) is 8.76. The van der Waals surface area contributed by atoms with Crippen molar-refractivity contribution >= 4 is 11.7 Å². The third-order valence-corrected chi connectivity index (χ3v) is 2.78. The number of benzene rings is 1. The fourth-order valence-corrected chi connectivity index (χ4v) is 1.67. The monoisotopic (exact) mass is 295 g/mol. The average Bonchev–Trinajstić information content (AvgIpc) is 2.55. The lowest BCUT2D eigenvalue weighted by atomic mass is 10.2. The zero-order valence-corrected chi connectivity index (χ0v) is 12.1. The molecule has 1 aliphatic rings. The topological polar surface area (TPSA) is 97.4 Å². The normalized spacial score (nSPS) is 15.0. The van der Waals surface area contributed by atoms with Gasteiger partial charge in [-0.25, -0.2) is 0 Å². The molecule has 0 bridgehead atoms. The van der Waals surface area contributed by atoms with Crippen LogP contribution in [0.4, 0.5) is 0 Å². The predicted molar refractivity (Wildman–Crippen MR) is 78.6 cm³/mol. The molecule has 21 heavy (non-hydrogen) atoms. The molecule has 7 heteroatoms. The summed E-state index contributed by atoms with van der Waals surface area (Å²) in [7, 11) is 0. The summed E-state index contributed by atoms with van der Waals surface area (Å²) in [5.41, 5.74) is 5.53. The Morgan fingerprint density at radius 3 is 2.48 bits per heavy atom. The van der Waals surface area contributed by atoms with Gasteiger partial charge in [0.05, 0.1) is 13.2 Å². The number of nitrogens with two attached hydrogens (primary N) is 1. The Balaban J connectivity index is 0.000000219. The van der Waals surface area contributed by atoms with E-state index >= 15 is 0 Å². The summed E-state index contributed by atoms with van der Waals surface area (Å²) in [5.74, 6) is 0.406. The van der Waals surface area contributed by atoms with E-state index in [0.29, 0.717) is 5.56 Å². The van der Waals surface area contributed by atoms with Crippen LogP contribution in [-0.2, 0) is 9.57 Å². The molecule has 0 spiro atoms. The van der Waals surface area contributed by atoms with Gasteiger partial charge in [0.25, 0.3) is 0 Å². The second-order valence-corrected chi connectivity index (χ2v) is 4.23. The number of carbonyl (C=O) groups is 1. The summed E-state index contributed by atoms with van der Waals surface area (Å²) < 4.78 is 5.17. The molecule has 2 rings (SSSR count). The van der Waals surface area contributed by atoms with Crippen LogP contribution in [0.2, 0.25) is 0 Å². The number of morpholine rings is 1. The molecule has 1 aliphatic heterocycles. The van der Waals surface area contributed by atoms with Crippen molar-refractivity contribution in [3.8, 4) is 0 Å². The minimum Gasteiger partial charge on any atom is -0.378 e. The molecule has 0 atom stereocenters. The number of aliphatic hydroxyl groups excluding tert-OH is 1. The van der Waals surface area contributed by atoms with Crippen LogP contribution in [0, 0.1) is 0 Å². The highest BCUT2D eigenvalue weighted by Gasteiger charge is 2.11. The second kappa shape index (κ2) is 9.73. The van der Waals surface area contributed by atoms with E-state index in [-0.39, 0.29) is 12.7 Å². The highest BCUT2D eigenvalue weighted by molar-refractivity contribution is 5.92. The molecule has 1 fully saturated rings. The van der Waals surface area contributed by atoms with Gasteiger partial charge in [-0.05, 0) is 19.1 Å². The van der Waals surface area contributed by atoms with Crippen LogP contribution in [0.1, 0.15) is 17.3 Å². The first kappa shape index (κ1) is 16.9. The third-order valence-electron chi connectivity index (χ3n) is 2.78. The van der Waals surface area contributed by atoms with Crippen LogP contribution in [0.5, 0.6) is 0 Å². The van der Waals surface area contributed by atoms with Crippen LogP contribution >= 0.6 is 0 Å². The lowest BCUT2D eigenvalue weighted by molar-refractivity contribution is -0.00212. The maximum Gasteiger partial charge on any atom is 0.248 e. The van der Waals surface area contributed by atoms with E-state index in [2.05, 4.69) is 14.9 Å². The van der Waals surface area contributed by atoms with Crippen molar-refractivity contribution in [2.24, 2.45) is 10.9 Å². The van der Waals surface area contributed by atoms with Crippen molar-refractivity contribution < 1.29 is 19.5 Å². The first-order valence-corrected chi connectivity index (χ1v) is 6.60. The van der Waals surface area contributed by atoms with Crippen LogP contribution in [0.3, 0.4) is 0 Å². The van der Waals surface area contributed by atoms with Gasteiger partial charge in [-0.2, -0.15) is 0 Å². The number of ether oxygens (including phenoxy) is 1. The number of oxime groups is 1. The molecule has 0 aliphatic carbocycles. The van der Waals surface area contributed by atoms with Crippen LogP contribution < -0.4 is 5.73 Å². The second-order valence-electron chi connectivity index (χ2n) is 4.23. The van der Waals surface area contributed by atoms with Gasteiger partial charge in [0.15, 0.2) is 0 Å². The Bertz CT molecular complexity index is 445. The first-order chi connectivity index (χ1) is 10.1. The zero-order chi connectivity index (χ0) is 15.5. The van der Waals surface area contributed by atoms with E-state index in [4.69, 9.17) is 15.6 Å². The van der Waals surface area contributed by atoms with Gasteiger partial charge in [-0.1, -0.05) is 23.4 Å². The number of amides is 1. The van der Waals surface area contributed by atoms with Gasteiger partial charge in [0.2, 0.25) is 12.7 Å². The van der Waals surface area contributed by atoms with Gasteiger partial charge in [0, 0.05) is 18.7 Å². The fourth-order valence-electron chi connectivity index (χ4n) is 1.67. The Labute approximate surface area is 123 Å². The smallest absolute Gasteiger partial charge is 0.248 e. The minimum absolute atomic E-state index is 0.373. The minimum atomic E-state index is -0.379. The van der Waals surface area contributed by atoms with E-state index in [1.165, 1.54) is 0 Å². The van der Waals surface area contributed by atoms with Crippen LogP contribution in [0.25, 0.3) is 0 Å². The highest BCUT2D eigenvalue weighted by atomic mass is 16.7. The molecule has 1 aromatic rings. The van der Waals surface area contributed by atoms with E-state index in [9.17, 15) is 4.79 Å². The van der Waals surface area contributed by atoms with E-state index in [1.807, 2.05) is 13.0 Å². The molecule has 0 radical (unpaired) electrons. The molecular weight excluding hydrogens is 274 g/mol. The van der Waals surface area contributed by atoms with Crippen molar-refractivity contribution in [2.75, 3.05) is 33.1 Å². The summed E-state index contributed by atoms with van der Waals surface area (Å²) >= 11 is 0. The molecule has 3 N–H and O–H groups in total. The number of rotatable bonds is 3. The number of primary amides is 1. The summed E-state index contributed by atoms with van der Waals surface area (Å²) in [5, 5.41) is 12.0. The van der Waals surface area contributed by atoms with Gasteiger partial charge in [0.1, 0.15) is 5.84 Å². The molecular formula is C14H21N3O4. The van der Waals surface area contributed by atoms with Gasteiger partial charge in [-0.3, -0.25) is 4.79 Å². The van der Waals surface area contributed by atoms with Crippen molar-refractivity contribution in [3.05, 3.63) is 35.9 Å². The molecule has 1 amide bonds. The van der Waals surface area contributed by atoms with Gasteiger partial charge in [-0.15, -0.1) is 0 Å². The predicted octanol–water partition coefficient (Wildman–Crippen LogP) is 0.404. The van der Waals surface area contributed by atoms with Crippen molar-refractivity contribution in [3.63, 3.8) is 0 Å². The number of aliphatic hydroxyl groups is 1. The summed E-state index contributed by atoms with van der Waals surface area (Å²) in [6.45, 7) is 4.61. The SMILES string of the molecule is C/C(=N\OCO)N1CCOCC1.NC(=O)c1ccccc1. The third kappa shape index (κ3) is 6.73. The molecule has 0 unspecified atom stereocenters. The molecule has 0 saturated carbocycles. The molecule has 1 heterocycles. The van der Waals surface area contributed by atoms with E-state index in [0.717, 1.165) is 32.1 Å². The Morgan fingerprint density at radius 1 is 1.38 bits per heavy atom. The fraction of sp³-hybridized carbons (Fsp3) is 0.429. The Morgan fingerprint density at radius 2 is 2.00 bits per heavy atom. The summed E-state index contributed by atoms with van der Waals surface area (Å²) in [6.07, 6.45) is 0. The number of hydrogen-bond acceptors (Lipinski definition) is 5. The number of hydrogen-bond donors (Lipinski definition) is 2. The molecule has 116 valence electrons. The Hall–Kier alpha value is -2.12. The standard InChI is InChI=1S/C7H14N2O3.C7H7NO/c1-7(8-12-6-10)9-2-4-11-5-3-9;8-7(9)6-4-2-1-3-5-6/h10H,2-6H2,1H3;1-5H,(H2,8,9)/b8-7+;. The quantitative estimate of drug-likeness (QED) is 0.364.